The van der Waals surface area contributed by atoms with Gasteiger partial charge in [-0.05, 0) is 48.4 Å². The number of methoxy groups -OCH3 is 3. The lowest BCUT2D eigenvalue weighted by atomic mass is 9.71. The van der Waals surface area contributed by atoms with E-state index in [0.29, 0.717) is 34.8 Å². The number of nitrogens with zero attached hydrogens (tertiary/aromatic N) is 1. The molecule has 1 aromatic heterocycles. The molecule has 0 spiro atoms. The summed E-state index contributed by atoms with van der Waals surface area (Å²) >= 11 is 0. The Morgan fingerprint density at radius 1 is 1.07 bits per heavy atom. The Labute approximate surface area is 173 Å². The van der Waals surface area contributed by atoms with Gasteiger partial charge < -0.3 is 23.7 Å². The predicted octanol–water partition coefficient (Wildman–Crippen LogP) is 2.24. The third-order valence-electron chi connectivity index (χ3n) is 5.42. The molecule has 156 valence electrons. The molecule has 2 aliphatic rings. The number of ether oxygens (including phenoxy) is 5. The van der Waals surface area contributed by atoms with Crippen molar-refractivity contribution in [3.8, 4) is 11.5 Å². The summed E-state index contributed by atoms with van der Waals surface area (Å²) in [6, 6.07) is 6.99. The first kappa shape index (κ1) is 19.9. The molecule has 0 radical (unpaired) electrons. The molecule has 1 saturated heterocycles. The maximum atomic E-state index is 13.0. The van der Waals surface area contributed by atoms with Crippen molar-refractivity contribution in [1.29, 1.82) is 0 Å². The molecular formula is C22H21NO7. The lowest BCUT2D eigenvalue weighted by molar-refractivity contribution is -0.148. The maximum Gasteiger partial charge on any atom is 0.347 e. The summed E-state index contributed by atoms with van der Waals surface area (Å²) in [4.78, 5) is 29.8. The van der Waals surface area contributed by atoms with Crippen LogP contribution in [0, 0.1) is 0 Å². The average molecular weight is 411 g/mol. The van der Waals surface area contributed by atoms with Gasteiger partial charge in [0.2, 0.25) is 5.60 Å². The Kier molecular flexibility index (Phi) is 4.74. The van der Waals surface area contributed by atoms with Gasteiger partial charge in [0.1, 0.15) is 0 Å². The Bertz CT molecular complexity index is 1050. The van der Waals surface area contributed by atoms with Gasteiger partial charge in [-0.3, -0.25) is 4.98 Å². The van der Waals surface area contributed by atoms with E-state index in [2.05, 4.69) is 4.98 Å². The summed E-state index contributed by atoms with van der Waals surface area (Å²) in [5.41, 5.74) is -0.991. The molecule has 0 bridgehead atoms. The van der Waals surface area contributed by atoms with Crippen molar-refractivity contribution in [2.45, 2.75) is 18.1 Å². The van der Waals surface area contributed by atoms with E-state index in [4.69, 9.17) is 23.7 Å². The van der Waals surface area contributed by atoms with Gasteiger partial charge in [0, 0.05) is 18.0 Å². The van der Waals surface area contributed by atoms with Gasteiger partial charge in [0.25, 0.3) is 0 Å². The largest absolute Gasteiger partial charge is 0.493 e. The second-order valence-electron chi connectivity index (χ2n) is 6.76. The second-order valence-corrected chi connectivity index (χ2v) is 6.76. The lowest BCUT2D eigenvalue weighted by Gasteiger charge is -2.27. The molecule has 30 heavy (non-hydrogen) atoms. The number of pyridine rings is 1. The number of rotatable bonds is 6. The Balaban J connectivity index is 2.06. The number of fused-ring (bicyclic) bond motifs is 3. The number of hydrogen-bond acceptors (Lipinski definition) is 8. The van der Waals surface area contributed by atoms with Gasteiger partial charge in [0.05, 0.1) is 33.5 Å². The van der Waals surface area contributed by atoms with E-state index in [0.717, 1.165) is 0 Å². The van der Waals surface area contributed by atoms with E-state index in [1.54, 1.807) is 42.7 Å². The van der Waals surface area contributed by atoms with E-state index < -0.39 is 23.1 Å². The highest BCUT2D eigenvalue weighted by Gasteiger charge is 2.82. The topological polar surface area (TPSA) is 96.5 Å². The van der Waals surface area contributed by atoms with Gasteiger partial charge >= 0.3 is 11.9 Å². The normalized spacial score (nSPS) is 23.4. The zero-order chi connectivity index (χ0) is 21.5. The predicted molar refractivity (Wildman–Crippen MR) is 105 cm³/mol. The molecular weight excluding hydrogens is 390 g/mol. The fourth-order valence-corrected chi connectivity index (χ4v) is 4.13. The fraction of sp³-hybridized carbons (Fsp3) is 0.318. The molecule has 2 heterocycles. The minimum absolute atomic E-state index is 0.0485. The highest BCUT2D eigenvalue weighted by atomic mass is 16.7. The fourth-order valence-electron chi connectivity index (χ4n) is 4.13. The van der Waals surface area contributed by atoms with Crippen molar-refractivity contribution in [2.75, 3.05) is 27.9 Å². The van der Waals surface area contributed by atoms with Crippen LogP contribution >= 0.6 is 0 Å². The van der Waals surface area contributed by atoms with Crippen molar-refractivity contribution in [3.05, 3.63) is 58.9 Å². The number of aromatic nitrogens is 1. The van der Waals surface area contributed by atoms with E-state index >= 15 is 0 Å². The zero-order valence-electron chi connectivity index (χ0n) is 17.1. The van der Waals surface area contributed by atoms with E-state index in [1.165, 1.54) is 21.3 Å². The molecule has 1 aromatic carbocycles. The van der Waals surface area contributed by atoms with Crippen molar-refractivity contribution in [2.24, 2.45) is 0 Å². The SMILES string of the molecule is CCOc1cc2c(cc1OC)C=C(C(=O)OC)C1(C(=O)OC)OC21c1ccncc1. The third kappa shape index (κ3) is 2.46. The number of epoxide rings is 1. The molecule has 8 nitrogen and oxygen atoms in total. The summed E-state index contributed by atoms with van der Waals surface area (Å²) in [6.45, 7) is 2.28. The van der Waals surface area contributed by atoms with Crippen molar-refractivity contribution < 1.29 is 33.3 Å². The average Bonchev–Trinajstić information content (AvgIpc) is 3.51. The summed E-state index contributed by atoms with van der Waals surface area (Å²) in [5, 5.41) is 0. The molecule has 1 fully saturated rings. The Morgan fingerprint density at radius 3 is 2.40 bits per heavy atom. The van der Waals surface area contributed by atoms with Crippen LogP contribution in [0.5, 0.6) is 11.5 Å². The third-order valence-corrected chi connectivity index (χ3v) is 5.42. The van der Waals surface area contributed by atoms with Crippen molar-refractivity contribution >= 4 is 18.0 Å². The van der Waals surface area contributed by atoms with Gasteiger partial charge in [-0.15, -0.1) is 0 Å². The summed E-state index contributed by atoms with van der Waals surface area (Å²) in [7, 11) is 4.03. The molecule has 0 N–H and O–H groups in total. The van der Waals surface area contributed by atoms with Crippen molar-refractivity contribution in [1.82, 2.24) is 4.98 Å². The lowest BCUT2D eigenvalue weighted by Crippen LogP contribution is -2.41. The molecule has 1 aliphatic carbocycles. The van der Waals surface area contributed by atoms with Crippen LogP contribution in [0.25, 0.3) is 6.08 Å². The van der Waals surface area contributed by atoms with Crippen LogP contribution in [-0.2, 0) is 29.4 Å². The first-order chi connectivity index (χ1) is 14.5. The molecule has 8 heteroatoms. The first-order valence-corrected chi connectivity index (χ1v) is 9.35. The zero-order valence-corrected chi connectivity index (χ0v) is 17.1. The van der Waals surface area contributed by atoms with Crippen LogP contribution in [-0.4, -0.2) is 50.5 Å². The number of carbonyl (C=O) groups is 2. The Hall–Kier alpha value is -3.39. The van der Waals surface area contributed by atoms with E-state index in [-0.39, 0.29) is 5.57 Å². The van der Waals surface area contributed by atoms with Crippen LogP contribution in [0.15, 0.2) is 42.2 Å². The van der Waals surface area contributed by atoms with E-state index in [9.17, 15) is 9.59 Å². The van der Waals surface area contributed by atoms with Crippen LogP contribution in [0.2, 0.25) is 0 Å². The molecule has 0 saturated carbocycles. The summed E-state index contributed by atoms with van der Waals surface area (Å²) in [5.74, 6) is -0.395. The second kappa shape index (κ2) is 7.14. The van der Waals surface area contributed by atoms with Gasteiger partial charge in [-0.25, -0.2) is 9.59 Å². The van der Waals surface area contributed by atoms with Gasteiger partial charge in [-0.1, -0.05) is 0 Å². The molecule has 4 rings (SSSR count). The summed E-state index contributed by atoms with van der Waals surface area (Å²) in [6.07, 6.45) is 4.76. The Morgan fingerprint density at radius 2 is 1.80 bits per heavy atom. The van der Waals surface area contributed by atoms with Crippen LogP contribution in [0.4, 0.5) is 0 Å². The van der Waals surface area contributed by atoms with E-state index in [1.807, 2.05) is 6.92 Å². The first-order valence-electron chi connectivity index (χ1n) is 9.35. The standard InChI is InChI=1S/C22H21NO7/c1-5-29-18-12-15-13(11-17(18)26-2)10-16(19(24)27-3)22(20(25)28-4)21(15,30-22)14-6-8-23-9-7-14/h6-12H,5H2,1-4H3. The van der Waals surface area contributed by atoms with Gasteiger partial charge in [-0.2, -0.15) is 0 Å². The highest BCUT2D eigenvalue weighted by molar-refractivity contribution is 6.09. The van der Waals surface area contributed by atoms with Gasteiger partial charge in [0.15, 0.2) is 17.1 Å². The molecule has 2 unspecified atom stereocenters. The number of benzene rings is 1. The molecule has 2 atom stereocenters. The molecule has 1 aliphatic heterocycles. The number of carbonyl (C=O) groups excluding carboxylic acids is 2. The highest BCUT2D eigenvalue weighted by Crippen LogP contribution is 2.67. The van der Waals surface area contributed by atoms with Crippen LogP contribution in [0.1, 0.15) is 23.6 Å². The quantitative estimate of drug-likeness (QED) is 0.528. The monoisotopic (exact) mass is 411 g/mol. The number of esters is 2. The maximum absolute atomic E-state index is 13.0. The number of hydrogen-bond donors (Lipinski definition) is 0. The smallest absolute Gasteiger partial charge is 0.347 e. The minimum Gasteiger partial charge on any atom is -0.493 e. The summed E-state index contributed by atoms with van der Waals surface area (Å²) < 4.78 is 27.4. The van der Waals surface area contributed by atoms with Crippen LogP contribution in [0.3, 0.4) is 0 Å². The van der Waals surface area contributed by atoms with Crippen molar-refractivity contribution in [3.63, 3.8) is 0 Å². The minimum atomic E-state index is -1.68. The van der Waals surface area contributed by atoms with Crippen LogP contribution < -0.4 is 9.47 Å². The molecule has 0 amide bonds. The molecule has 2 aromatic rings.